The topological polar surface area (TPSA) is 90.5 Å². The fourth-order valence-electron chi connectivity index (χ4n) is 6.73. The molecule has 39 heavy (non-hydrogen) atoms. The summed E-state index contributed by atoms with van der Waals surface area (Å²) in [5.41, 5.74) is 6.05. The molecule has 1 N–H and O–H groups in total. The highest BCUT2D eigenvalue weighted by Gasteiger charge is 2.35. The summed E-state index contributed by atoms with van der Waals surface area (Å²) in [5.74, 6) is 1.72. The van der Waals surface area contributed by atoms with Crippen molar-refractivity contribution in [1.29, 1.82) is 0 Å². The molecule has 6 rings (SSSR count). The molecule has 0 bridgehead atoms. The molecule has 2 fully saturated rings. The van der Waals surface area contributed by atoms with Crippen molar-refractivity contribution >= 4 is 22.6 Å². The number of amides is 1. The largest absolute Gasteiger partial charge is 0.462 e. The highest BCUT2D eigenvalue weighted by Crippen LogP contribution is 2.43. The van der Waals surface area contributed by atoms with Gasteiger partial charge in [0, 0.05) is 43.2 Å². The Balaban J connectivity index is 1.34. The molecule has 1 amide bonds. The summed E-state index contributed by atoms with van der Waals surface area (Å²) < 4.78 is 6.30. The van der Waals surface area contributed by atoms with Gasteiger partial charge in [0.25, 0.3) is 0 Å². The molecule has 2 aromatic heterocycles. The number of aromatic nitrogens is 4. The van der Waals surface area contributed by atoms with Gasteiger partial charge in [-0.15, -0.1) is 0 Å². The van der Waals surface area contributed by atoms with Gasteiger partial charge in [0.1, 0.15) is 12.4 Å². The molecule has 0 spiro atoms. The first-order valence-corrected chi connectivity index (χ1v) is 14.2. The lowest BCUT2D eigenvalue weighted by Crippen LogP contribution is -2.49. The minimum atomic E-state index is -0.00988. The van der Waals surface area contributed by atoms with Crippen molar-refractivity contribution in [2.45, 2.75) is 51.5 Å². The molecule has 4 heterocycles. The van der Waals surface area contributed by atoms with Crippen molar-refractivity contribution in [2.24, 2.45) is 5.92 Å². The monoisotopic (exact) mass is 529 g/mol. The second-order valence-corrected chi connectivity index (χ2v) is 11.5. The smallest absolute Gasteiger partial charge is 0.318 e. The maximum atomic E-state index is 12.2. The molecule has 3 aromatic rings. The predicted molar refractivity (Wildman–Crippen MR) is 152 cm³/mol. The van der Waals surface area contributed by atoms with Gasteiger partial charge >= 0.3 is 6.01 Å². The molecular formula is C30H39N7O2. The summed E-state index contributed by atoms with van der Waals surface area (Å²) in [4.78, 5) is 28.8. The van der Waals surface area contributed by atoms with Crippen molar-refractivity contribution in [2.75, 3.05) is 51.3 Å². The molecule has 2 aliphatic heterocycles. The van der Waals surface area contributed by atoms with Crippen LogP contribution in [0, 0.1) is 12.8 Å². The Hall–Kier alpha value is -3.46. The average molecular weight is 530 g/mol. The van der Waals surface area contributed by atoms with Crippen LogP contribution in [0.15, 0.2) is 31.0 Å². The number of anilines is 1. The van der Waals surface area contributed by atoms with E-state index in [1.807, 2.05) is 11.1 Å². The standard InChI is InChI=1S/C30H39N7O2/c1-5-27(38)36-11-13-37(14-12-36)29-23-15-20(3)22(28-19(2)8-9-25-24(28)17-31-34-25)16-26(23)32-30(33-29)39-18-21-7-6-10-35(21)4/h5,8-9,17,20-22H,1,6-7,10-16,18H2,2-4H3,(H,31,34)/t20-,21+,22?/m1/s1. The molecule has 1 unspecified atom stereocenters. The fourth-order valence-corrected chi connectivity index (χ4v) is 6.73. The van der Waals surface area contributed by atoms with Crippen LogP contribution in [0.5, 0.6) is 6.01 Å². The average Bonchev–Trinajstić information content (AvgIpc) is 3.59. The van der Waals surface area contributed by atoms with E-state index in [4.69, 9.17) is 14.7 Å². The minimum absolute atomic E-state index is 0.00988. The third-order valence-corrected chi connectivity index (χ3v) is 9.07. The molecule has 1 aliphatic carbocycles. The number of nitrogens with one attached hydrogen (secondary N) is 1. The quantitative estimate of drug-likeness (QED) is 0.489. The number of hydrogen-bond donors (Lipinski definition) is 1. The van der Waals surface area contributed by atoms with E-state index < -0.39 is 0 Å². The number of carbonyl (C=O) groups is 1. The minimum Gasteiger partial charge on any atom is -0.462 e. The van der Waals surface area contributed by atoms with Gasteiger partial charge in [-0.2, -0.15) is 15.1 Å². The molecular weight excluding hydrogens is 490 g/mol. The van der Waals surface area contributed by atoms with E-state index in [1.54, 1.807) is 0 Å². The van der Waals surface area contributed by atoms with E-state index in [9.17, 15) is 4.79 Å². The van der Waals surface area contributed by atoms with Gasteiger partial charge in [0.15, 0.2) is 0 Å². The van der Waals surface area contributed by atoms with Crippen molar-refractivity contribution in [3.63, 3.8) is 0 Å². The van der Waals surface area contributed by atoms with Crippen molar-refractivity contribution < 1.29 is 9.53 Å². The summed E-state index contributed by atoms with van der Waals surface area (Å²) in [6.07, 6.45) is 7.45. The van der Waals surface area contributed by atoms with Crippen LogP contribution < -0.4 is 9.64 Å². The second kappa shape index (κ2) is 10.6. The highest BCUT2D eigenvalue weighted by molar-refractivity contribution is 5.87. The zero-order valence-electron chi connectivity index (χ0n) is 23.3. The highest BCUT2D eigenvalue weighted by atomic mass is 16.5. The zero-order chi connectivity index (χ0) is 27.1. The maximum absolute atomic E-state index is 12.2. The molecule has 3 aliphatic rings. The number of aryl methyl sites for hydroxylation is 1. The Morgan fingerprint density at radius 2 is 2.00 bits per heavy atom. The molecule has 2 saturated heterocycles. The van der Waals surface area contributed by atoms with E-state index in [0.29, 0.717) is 43.6 Å². The molecule has 0 saturated carbocycles. The van der Waals surface area contributed by atoms with Crippen LogP contribution in [0.4, 0.5) is 5.82 Å². The normalized spacial score (nSPS) is 23.7. The molecule has 0 radical (unpaired) electrons. The summed E-state index contributed by atoms with van der Waals surface area (Å²) in [6, 6.07) is 5.18. The van der Waals surface area contributed by atoms with Crippen LogP contribution in [0.3, 0.4) is 0 Å². The summed E-state index contributed by atoms with van der Waals surface area (Å²) >= 11 is 0. The van der Waals surface area contributed by atoms with Crippen molar-refractivity contribution in [3.8, 4) is 6.01 Å². The van der Waals surface area contributed by atoms with Gasteiger partial charge in [-0.3, -0.25) is 9.89 Å². The van der Waals surface area contributed by atoms with Crippen molar-refractivity contribution in [3.05, 3.63) is 53.4 Å². The number of ether oxygens (including phenoxy) is 1. The molecule has 9 nitrogen and oxygen atoms in total. The first kappa shape index (κ1) is 25.8. The number of carbonyl (C=O) groups excluding carboxylic acids is 1. The number of piperazine rings is 1. The first-order valence-electron chi connectivity index (χ1n) is 14.2. The van der Waals surface area contributed by atoms with Crippen molar-refractivity contribution in [1.82, 2.24) is 30.0 Å². The van der Waals surface area contributed by atoms with Gasteiger partial charge in [-0.25, -0.2) is 0 Å². The number of hydrogen-bond acceptors (Lipinski definition) is 7. The van der Waals surface area contributed by atoms with Crippen LogP contribution in [0.2, 0.25) is 0 Å². The molecule has 3 atom stereocenters. The van der Waals surface area contributed by atoms with Crippen LogP contribution in [-0.4, -0.2) is 88.3 Å². The van der Waals surface area contributed by atoms with Gasteiger partial charge in [0.05, 0.1) is 17.4 Å². The zero-order valence-corrected chi connectivity index (χ0v) is 23.3. The lowest BCUT2D eigenvalue weighted by atomic mass is 9.73. The third kappa shape index (κ3) is 4.88. The Kier molecular flexibility index (Phi) is 7.01. The predicted octanol–water partition coefficient (Wildman–Crippen LogP) is 3.49. The van der Waals surface area contributed by atoms with Crippen LogP contribution in [-0.2, 0) is 17.6 Å². The Morgan fingerprint density at radius 3 is 2.74 bits per heavy atom. The molecule has 206 valence electrons. The van der Waals surface area contributed by atoms with E-state index in [0.717, 1.165) is 55.9 Å². The lowest BCUT2D eigenvalue weighted by molar-refractivity contribution is -0.126. The van der Waals surface area contributed by atoms with Gasteiger partial charge in [-0.1, -0.05) is 19.6 Å². The van der Waals surface area contributed by atoms with E-state index >= 15 is 0 Å². The number of likely N-dealkylation sites (N-methyl/N-ethyl adjacent to an activating group) is 1. The van der Waals surface area contributed by atoms with E-state index in [1.165, 1.54) is 34.6 Å². The number of rotatable bonds is 6. The Bertz CT molecular complexity index is 1380. The number of nitrogens with zero attached hydrogens (tertiary/aromatic N) is 6. The van der Waals surface area contributed by atoms with Gasteiger partial charge in [0.2, 0.25) is 5.91 Å². The Morgan fingerprint density at radius 1 is 1.18 bits per heavy atom. The number of fused-ring (bicyclic) bond motifs is 2. The summed E-state index contributed by atoms with van der Waals surface area (Å²) in [6.45, 7) is 12.7. The van der Waals surface area contributed by atoms with E-state index in [-0.39, 0.29) is 5.91 Å². The Labute approximate surface area is 230 Å². The second-order valence-electron chi connectivity index (χ2n) is 11.5. The fraction of sp³-hybridized carbons (Fsp3) is 0.533. The SMILES string of the molecule is C=CC(=O)N1CCN(c2nc(OC[C@@H]3CCCN3C)nc3c2C[C@@H](C)C(c2c(C)ccc4[nH]ncc24)C3)CC1. The molecule has 1 aromatic carbocycles. The summed E-state index contributed by atoms with van der Waals surface area (Å²) in [5, 5.41) is 8.68. The van der Waals surface area contributed by atoms with Crippen LogP contribution >= 0.6 is 0 Å². The van der Waals surface area contributed by atoms with Gasteiger partial charge < -0.3 is 19.4 Å². The first-order chi connectivity index (χ1) is 18.9. The molecule has 9 heteroatoms. The van der Waals surface area contributed by atoms with Gasteiger partial charge in [-0.05, 0) is 81.3 Å². The lowest BCUT2D eigenvalue weighted by Gasteiger charge is -2.38. The maximum Gasteiger partial charge on any atom is 0.318 e. The third-order valence-electron chi connectivity index (χ3n) is 9.07. The number of aromatic amines is 1. The number of benzene rings is 1. The van der Waals surface area contributed by atoms with Crippen LogP contribution in [0.25, 0.3) is 10.9 Å². The number of likely N-dealkylation sites (tertiary alicyclic amines) is 1. The van der Waals surface area contributed by atoms with E-state index in [2.05, 4.69) is 59.6 Å². The number of H-pyrrole nitrogens is 1. The van der Waals surface area contributed by atoms with Crippen LogP contribution in [0.1, 0.15) is 48.1 Å². The summed E-state index contributed by atoms with van der Waals surface area (Å²) in [7, 11) is 2.16.